The lowest BCUT2D eigenvalue weighted by Crippen LogP contribution is -2.40. The van der Waals surface area contributed by atoms with Crippen LogP contribution in [-0.4, -0.2) is 55.2 Å². The van der Waals surface area contributed by atoms with Gasteiger partial charge in [-0.2, -0.15) is 0 Å². The van der Waals surface area contributed by atoms with Gasteiger partial charge in [0.25, 0.3) is 5.91 Å². The summed E-state index contributed by atoms with van der Waals surface area (Å²) in [4.78, 5) is 19.8. The molecule has 1 fully saturated rings. The number of amides is 1. The van der Waals surface area contributed by atoms with Crippen molar-refractivity contribution in [3.63, 3.8) is 0 Å². The fourth-order valence-electron chi connectivity index (χ4n) is 3.60. The molecule has 0 aliphatic carbocycles. The van der Waals surface area contributed by atoms with Gasteiger partial charge in [-0.25, -0.2) is 0 Å². The topological polar surface area (TPSA) is 63.7 Å². The zero-order valence-electron chi connectivity index (χ0n) is 17.6. The maximum absolute atomic E-state index is 13.4. The number of pyridine rings is 1. The van der Waals surface area contributed by atoms with E-state index < -0.39 is 0 Å². The Morgan fingerprint density at radius 1 is 1.13 bits per heavy atom. The summed E-state index contributed by atoms with van der Waals surface area (Å²) in [5.74, 6) is 0.820. The van der Waals surface area contributed by atoms with Gasteiger partial charge in [0.05, 0.1) is 18.8 Å². The number of benzene rings is 1. The number of rotatable bonds is 9. The van der Waals surface area contributed by atoms with Gasteiger partial charge in [0.15, 0.2) is 0 Å². The highest BCUT2D eigenvalue weighted by Gasteiger charge is 2.26. The second-order valence-electron chi connectivity index (χ2n) is 7.31. The molecule has 1 unspecified atom stereocenters. The van der Waals surface area contributed by atoms with E-state index in [9.17, 15) is 4.79 Å². The minimum Gasteiger partial charge on any atom is -0.494 e. The smallest absolute Gasteiger partial charge is 0.254 e. The van der Waals surface area contributed by atoms with E-state index >= 15 is 0 Å². The lowest BCUT2D eigenvalue weighted by Gasteiger charge is -2.31. The number of nitrogens with one attached hydrogen (secondary N) is 1. The molecule has 1 atom stereocenters. The van der Waals surface area contributed by atoms with E-state index in [4.69, 9.17) is 9.47 Å². The number of aromatic nitrogens is 1. The first-order valence-corrected chi connectivity index (χ1v) is 10.4. The average molecular weight is 434 g/mol. The monoisotopic (exact) mass is 433 g/mol. The van der Waals surface area contributed by atoms with Crippen molar-refractivity contribution < 1.29 is 14.3 Å². The summed E-state index contributed by atoms with van der Waals surface area (Å²) in [6.45, 7) is 3.75. The zero-order chi connectivity index (χ0) is 20.3. The van der Waals surface area contributed by atoms with E-state index in [2.05, 4.69) is 10.3 Å². The minimum absolute atomic E-state index is 0. The van der Waals surface area contributed by atoms with E-state index in [0.717, 1.165) is 50.2 Å². The van der Waals surface area contributed by atoms with Crippen LogP contribution in [0.5, 0.6) is 5.75 Å². The normalized spacial score (nSPS) is 16.2. The maximum Gasteiger partial charge on any atom is 0.254 e. The molecule has 0 saturated carbocycles. The Hall–Kier alpha value is -2.15. The van der Waals surface area contributed by atoms with Crippen LogP contribution in [0, 0.1) is 0 Å². The third kappa shape index (κ3) is 7.27. The molecule has 0 bridgehead atoms. The molecule has 7 heteroatoms. The molecule has 0 radical (unpaired) electrons. The second kappa shape index (κ2) is 13.2. The molecule has 1 aromatic heterocycles. The minimum atomic E-state index is 0. The van der Waals surface area contributed by atoms with Gasteiger partial charge < -0.3 is 19.7 Å². The van der Waals surface area contributed by atoms with Gasteiger partial charge in [0.2, 0.25) is 0 Å². The van der Waals surface area contributed by atoms with Crippen molar-refractivity contribution in [3.8, 4) is 5.75 Å². The first kappa shape index (κ1) is 24.1. The van der Waals surface area contributed by atoms with Crippen LogP contribution < -0.4 is 10.1 Å². The number of hydrogen-bond donors (Lipinski definition) is 1. The maximum atomic E-state index is 13.4. The van der Waals surface area contributed by atoms with Crippen molar-refractivity contribution >= 4 is 18.3 Å². The molecule has 3 rings (SSSR count). The molecule has 164 valence electrons. The zero-order valence-corrected chi connectivity index (χ0v) is 18.4. The predicted octanol–water partition coefficient (Wildman–Crippen LogP) is 3.70. The molecule has 1 aliphatic rings. The van der Waals surface area contributed by atoms with Gasteiger partial charge in [-0.3, -0.25) is 9.78 Å². The Morgan fingerprint density at radius 2 is 1.97 bits per heavy atom. The Labute approximate surface area is 185 Å². The molecular weight excluding hydrogens is 402 g/mol. The van der Waals surface area contributed by atoms with Gasteiger partial charge >= 0.3 is 0 Å². The molecule has 30 heavy (non-hydrogen) atoms. The molecular formula is C23H32ClN3O3. The Kier molecular flexibility index (Phi) is 10.6. The first-order valence-electron chi connectivity index (χ1n) is 10.4. The van der Waals surface area contributed by atoms with Crippen LogP contribution in [0.2, 0.25) is 0 Å². The van der Waals surface area contributed by atoms with Crippen LogP contribution in [-0.2, 0) is 11.3 Å². The number of methoxy groups -OCH3 is 1. The van der Waals surface area contributed by atoms with E-state index in [0.29, 0.717) is 25.3 Å². The van der Waals surface area contributed by atoms with Crippen LogP contribution in [0.15, 0.2) is 48.7 Å². The highest BCUT2D eigenvalue weighted by molar-refractivity contribution is 5.94. The van der Waals surface area contributed by atoms with Crippen LogP contribution >= 0.6 is 12.4 Å². The predicted molar refractivity (Wildman–Crippen MR) is 120 cm³/mol. The van der Waals surface area contributed by atoms with E-state index in [-0.39, 0.29) is 24.4 Å². The summed E-state index contributed by atoms with van der Waals surface area (Å²) in [5.41, 5.74) is 1.60. The molecule has 1 saturated heterocycles. The largest absolute Gasteiger partial charge is 0.494 e. The molecule has 2 heterocycles. The van der Waals surface area contributed by atoms with Crippen LogP contribution in [0.25, 0.3) is 0 Å². The number of nitrogens with zero attached hydrogens (tertiary/aromatic N) is 2. The van der Waals surface area contributed by atoms with Gasteiger partial charge in [-0.05, 0) is 68.8 Å². The Balaban J connectivity index is 0.00000320. The molecule has 2 aromatic rings. The summed E-state index contributed by atoms with van der Waals surface area (Å²) in [6, 6.07) is 13.5. The summed E-state index contributed by atoms with van der Waals surface area (Å²) in [5, 5.41) is 3.43. The number of hydrogen-bond acceptors (Lipinski definition) is 5. The fourth-order valence-corrected chi connectivity index (χ4v) is 3.60. The van der Waals surface area contributed by atoms with Crippen LogP contribution in [0.1, 0.15) is 41.7 Å². The van der Waals surface area contributed by atoms with E-state index in [1.54, 1.807) is 13.3 Å². The SMILES string of the molecule is COCCCOc1ccc(C(=O)N(Cc2ccccn2)C2CCCNCC2)cc1.Cl. The summed E-state index contributed by atoms with van der Waals surface area (Å²) in [6.07, 6.45) is 5.66. The number of halogens is 1. The molecule has 6 nitrogen and oxygen atoms in total. The molecule has 1 N–H and O–H groups in total. The van der Waals surface area contributed by atoms with Gasteiger partial charge in [0, 0.05) is 37.9 Å². The Bertz CT molecular complexity index is 735. The summed E-state index contributed by atoms with van der Waals surface area (Å²) >= 11 is 0. The number of carbonyl (C=O) groups excluding carboxylic acids is 1. The quantitative estimate of drug-likeness (QED) is 0.611. The van der Waals surface area contributed by atoms with Crippen molar-refractivity contribution in [2.75, 3.05) is 33.4 Å². The third-order valence-electron chi connectivity index (χ3n) is 5.17. The molecule has 0 spiro atoms. The highest BCUT2D eigenvalue weighted by Crippen LogP contribution is 2.21. The van der Waals surface area contributed by atoms with Crippen molar-refractivity contribution in [3.05, 3.63) is 59.9 Å². The van der Waals surface area contributed by atoms with Crippen molar-refractivity contribution in [1.29, 1.82) is 0 Å². The summed E-state index contributed by atoms with van der Waals surface area (Å²) in [7, 11) is 1.68. The fraction of sp³-hybridized carbons (Fsp3) is 0.478. The standard InChI is InChI=1S/C23H31N3O3.ClH/c1-28-16-5-17-29-22-10-8-19(9-11-22)23(27)26(18-20-6-2-3-14-25-20)21-7-4-13-24-15-12-21;/h2-3,6,8-11,14,21,24H,4-5,7,12-13,15-18H2,1H3;1H. The van der Waals surface area contributed by atoms with Crippen molar-refractivity contribution in [2.24, 2.45) is 0 Å². The highest BCUT2D eigenvalue weighted by atomic mass is 35.5. The van der Waals surface area contributed by atoms with Crippen molar-refractivity contribution in [2.45, 2.75) is 38.3 Å². The lowest BCUT2D eigenvalue weighted by atomic mass is 10.0. The van der Waals surface area contributed by atoms with Crippen LogP contribution in [0.3, 0.4) is 0 Å². The Morgan fingerprint density at radius 3 is 2.70 bits per heavy atom. The molecule has 1 aliphatic heterocycles. The van der Waals surface area contributed by atoms with E-state index in [1.807, 2.05) is 47.4 Å². The number of carbonyl (C=O) groups is 1. The van der Waals surface area contributed by atoms with Gasteiger partial charge in [0.1, 0.15) is 5.75 Å². The second-order valence-corrected chi connectivity index (χ2v) is 7.31. The first-order chi connectivity index (χ1) is 14.3. The molecule has 1 aromatic carbocycles. The van der Waals surface area contributed by atoms with Gasteiger partial charge in [-0.1, -0.05) is 6.07 Å². The molecule has 1 amide bonds. The van der Waals surface area contributed by atoms with E-state index in [1.165, 1.54) is 0 Å². The lowest BCUT2D eigenvalue weighted by molar-refractivity contribution is 0.0642. The van der Waals surface area contributed by atoms with Crippen molar-refractivity contribution in [1.82, 2.24) is 15.2 Å². The third-order valence-corrected chi connectivity index (χ3v) is 5.17. The van der Waals surface area contributed by atoms with Gasteiger partial charge in [-0.15, -0.1) is 12.4 Å². The summed E-state index contributed by atoms with van der Waals surface area (Å²) < 4.78 is 10.7. The average Bonchev–Trinajstić information content (AvgIpc) is 3.05. The number of ether oxygens (including phenoxy) is 2. The van der Waals surface area contributed by atoms with Crippen LogP contribution in [0.4, 0.5) is 0 Å².